The van der Waals surface area contributed by atoms with Crippen LogP contribution in [0.4, 0.5) is 0 Å². The van der Waals surface area contributed by atoms with E-state index in [1.165, 1.54) is 0 Å². The lowest BCUT2D eigenvalue weighted by molar-refractivity contribution is -0.134. The molecule has 0 bridgehead atoms. The molecule has 1 unspecified atom stereocenters. The van der Waals surface area contributed by atoms with Crippen LogP contribution in [0.25, 0.3) is 0 Å². The second-order valence-corrected chi connectivity index (χ2v) is 6.55. The molecule has 0 fully saturated rings. The number of benzene rings is 2. The summed E-state index contributed by atoms with van der Waals surface area (Å²) in [6.07, 6.45) is -0.277. The molecule has 2 amide bonds. The molecule has 8 heteroatoms. The molecule has 0 aliphatic rings. The largest absolute Gasteiger partial charge is 0.482 e. The summed E-state index contributed by atoms with van der Waals surface area (Å²) in [7, 11) is 0. The number of carbonyl (C=O) groups is 2. The third kappa shape index (κ3) is 6.24. The van der Waals surface area contributed by atoms with Crippen molar-refractivity contribution in [2.24, 2.45) is 0 Å². The Kier molecular flexibility index (Phi) is 7.74. The van der Waals surface area contributed by atoms with Crippen molar-refractivity contribution < 1.29 is 19.1 Å². The number of hydrogen-bond donors (Lipinski definition) is 2. The zero-order valence-electron chi connectivity index (χ0n) is 14.0. The van der Waals surface area contributed by atoms with E-state index in [1.807, 2.05) is 25.1 Å². The van der Waals surface area contributed by atoms with Crippen LogP contribution >= 0.6 is 27.5 Å². The smallest absolute Gasteiger partial charge is 0.279 e. The van der Waals surface area contributed by atoms with E-state index in [1.54, 1.807) is 30.3 Å². The number of amides is 2. The maximum Gasteiger partial charge on any atom is 0.279 e. The first-order valence-electron chi connectivity index (χ1n) is 7.88. The predicted molar refractivity (Wildman–Crippen MR) is 102 cm³/mol. The summed E-state index contributed by atoms with van der Waals surface area (Å²) in [5.74, 6) is -0.0255. The fourth-order valence-electron chi connectivity index (χ4n) is 1.97. The normalized spacial score (nSPS) is 11.3. The fourth-order valence-corrected chi connectivity index (χ4v) is 2.70. The fraction of sp³-hybridized carbons (Fsp3) is 0.222. The van der Waals surface area contributed by atoms with Crippen molar-refractivity contribution in [2.45, 2.75) is 19.4 Å². The van der Waals surface area contributed by atoms with Gasteiger partial charge >= 0.3 is 0 Å². The monoisotopic (exact) mass is 440 g/mol. The van der Waals surface area contributed by atoms with Gasteiger partial charge in [-0.1, -0.05) is 52.7 Å². The van der Waals surface area contributed by atoms with E-state index in [2.05, 4.69) is 26.8 Å². The number of para-hydroxylation sites is 1. The molecule has 0 heterocycles. The number of rotatable bonds is 7. The summed E-state index contributed by atoms with van der Waals surface area (Å²) in [6, 6.07) is 14.0. The second-order valence-electron chi connectivity index (χ2n) is 5.23. The van der Waals surface area contributed by atoms with Gasteiger partial charge in [0.15, 0.2) is 12.7 Å². The number of hydrogen-bond acceptors (Lipinski definition) is 4. The van der Waals surface area contributed by atoms with E-state index >= 15 is 0 Å². The van der Waals surface area contributed by atoms with Crippen LogP contribution in [-0.2, 0) is 9.59 Å². The minimum absolute atomic E-state index is 0.294. The van der Waals surface area contributed by atoms with E-state index in [0.29, 0.717) is 22.9 Å². The Morgan fingerprint density at radius 3 is 2.54 bits per heavy atom. The van der Waals surface area contributed by atoms with Gasteiger partial charge in [0.2, 0.25) is 0 Å². The Morgan fingerprint density at radius 2 is 1.88 bits per heavy atom. The van der Waals surface area contributed by atoms with Crippen molar-refractivity contribution in [1.29, 1.82) is 0 Å². The molecule has 1 atom stereocenters. The van der Waals surface area contributed by atoms with Crippen molar-refractivity contribution in [1.82, 2.24) is 10.9 Å². The van der Waals surface area contributed by atoms with Gasteiger partial charge in [-0.05, 0) is 36.8 Å². The number of ether oxygens (including phenoxy) is 2. The zero-order chi connectivity index (χ0) is 18.9. The van der Waals surface area contributed by atoms with Gasteiger partial charge in [0, 0.05) is 4.47 Å². The number of hydrazine groups is 1. The maximum absolute atomic E-state index is 12.1. The molecule has 0 aliphatic carbocycles. The first-order valence-corrected chi connectivity index (χ1v) is 9.05. The Labute approximate surface area is 164 Å². The number of halogens is 2. The van der Waals surface area contributed by atoms with Crippen LogP contribution in [0.15, 0.2) is 53.0 Å². The number of nitrogens with one attached hydrogen (secondary N) is 2. The molecule has 0 radical (unpaired) electrons. The molecule has 2 N–H and O–H groups in total. The highest BCUT2D eigenvalue weighted by Crippen LogP contribution is 2.27. The molecule has 2 rings (SSSR count). The highest BCUT2D eigenvalue weighted by atomic mass is 79.9. The average molecular weight is 442 g/mol. The zero-order valence-corrected chi connectivity index (χ0v) is 16.3. The molecule has 0 saturated heterocycles. The molecule has 0 aromatic heterocycles. The van der Waals surface area contributed by atoms with Crippen LogP contribution in [0.3, 0.4) is 0 Å². The van der Waals surface area contributed by atoms with Gasteiger partial charge in [-0.2, -0.15) is 0 Å². The average Bonchev–Trinajstić information content (AvgIpc) is 2.64. The van der Waals surface area contributed by atoms with E-state index in [9.17, 15) is 9.59 Å². The summed E-state index contributed by atoms with van der Waals surface area (Å²) in [5.41, 5.74) is 4.62. The molecule has 0 aliphatic heterocycles. The van der Waals surface area contributed by atoms with Gasteiger partial charge in [0.1, 0.15) is 11.5 Å². The van der Waals surface area contributed by atoms with Crippen LogP contribution in [0, 0.1) is 0 Å². The van der Waals surface area contributed by atoms with Crippen molar-refractivity contribution in [3.05, 3.63) is 58.0 Å². The molecular formula is C18H18BrClN2O4. The molecule has 2 aromatic carbocycles. The lowest BCUT2D eigenvalue weighted by atomic mass is 10.2. The second kappa shape index (κ2) is 10.0. The van der Waals surface area contributed by atoms with Gasteiger partial charge in [0.25, 0.3) is 11.8 Å². The van der Waals surface area contributed by atoms with Crippen LogP contribution < -0.4 is 20.3 Å². The quantitative estimate of drug-likeness (QED) is 0.645. The van der Waals surface area contributed by atoms with Crippen LogP contribution in [0.2, 0.25) is 5.02 Å². The topological polar surface area (TPSA) is 76.7 Å². The summed E-state index contributed by atoms with van der Waals surface area (Å²) in [5, 5.41) is 0.374. The predicted octanol–water partition coefficient (Wildman–Crippen LogP) is 3.49. The molecular weight excluding hydrogens is 424 g/mol. The first-order chi connectivity index (χ1) is 12.5. The standard InChI is InChI=1S/C18H18BrClN2O4/c1-2-15(26-13-6-4-3-5-7-13)18(24)22-21-17(23)11-25-16-9-8-12(19)10-14(16)20/h3-10,15H,2,11H2,1H3,(H,21,23)(H,22,24). The van der Waals surface area contributed by atoms with Crippen molar-refractivity contribution in [3.63, 3.8) is 0 Å². The van der Waals surface area contributed by atoms with Gasteiger partial charge in [-0.3, -0.25) is 20.4 Å². The van der Waals surface area contributed by atoms with Gasteiger partial charge in [-0.15, -0.1) is 0 Å². The highest BCUT2D eigenvalue weighted by Gasteiger charge is 2.19. The van der Waals surface area contributed by atoms with E-state index in [-0.39, 0.29) is 6.61 Å². The summed E-state index contributed by atoms with van der Waals surface area (Å²) in [6.45, 7) is 1.52. The molecule has 6 nitrogen and oxygen atoms in total. The Bertz CT molecular complexity index is 758. The van der Waals surface area contributed by atoms with E-state index < -0.39 is 17.9 Å². The van der Waals surface area contributed by atoms with Gasteiger partial charge in [-0.25, -0.2) is 0 Å². The molecule has 2 aromatic rings. The minimum Gasteiger partial charge on any atom is -0.482 e. The third-order valence-corrected chi connectivity index (χ3v) is 4.05. The van der Waals surface area contributed by atoms with Gasteiger partial charge in [0.05, 0.1) is 5.02 Å². The third-order valence-electron chi connectivity index (χ3n) is 3.26. The Balaban J connectivity index is 1.79. The summed E-state index contributed by atoms with van der Waals surface area (Å²) >= 11 is 9.29. The molecule has 26 heavy (non-hydrogen) atoms. The lowest BCUT2D eigenvalue weighted by Crippen LogP contribution is -2.49. The first kappa shape index (κ1) is 20.1. The van der Waals surface area contributed by atoms with E-state index in [4.69, 9.17) is 21.1 Å². The van der Waals surface area contributed by atoms with Crippen LogP contribution in [-0.4, -0.2) is 24.5 Å². The Morgan fingerprint density at radius 1 is 1.15 bits per heavy atom. The summed E-state index contributed by atoms with van der Waals surface area (Å²) < 4.78 is 11.7. The van der Waals surface area contributed by atoms with Crippen molar-refractivity contribution >= 4 is 39.3 Å². The SMILES string of the molecule is CCC(Oc1ccccc1)C(=O)NNC(=O)COc1ccc(Br)cc1Cl. The minimum atomic E-state index is -0.723. The van der Waals surface area contributed by atoms with E-state index in [0.717, 1.165) is 4.47 Å². The number of carbonyl (C=O) groups excluding carboxylic acids is 2. The van der Waals surface area contributed by atoms with Crippen LogP contribution in [0.1, 0.15) is 13.3 Å². The highest BCUT2D eigenvalue weighted by molar-refractivity contribution is 9.10. The lowest BCUT2D eigenvalue weighted by Gasteiger charge is -2.17. The maximum atomic E-state index is 12.1. The molecule has 0 saturated carbocycles. The Hall–Kier alpha value is -2.25. The van der Waals surface area contributed by atoms with Gasteiger partial charge < -0.3 is 9.47 Å². The van der Waals surface area contributed by atoms with Crippen LogP contribution in [0.5, 0.6) is 11.5 Å². The molecule has 0 spiro atoms. The molecule has 138 valence electrons. The van der Waals surface area contributed by atoms with Crippen molar-refractivity contribution in [3.8, 4) is 11.5 Å². The van der Waals surface area contributed by atoms with Crippen molar-refractivity contribution in [2.75, 3.05) is 6.61 Å². The summed E-state index contributed by atoms with van der Waals surface area (Å²) in [4.78, 5) is 24.0.